The second-order valence-corrected chi connectivity index (χ2v) is 3.82. The van der Waals surface area contributed by atoms with E-state index in [4.69, 9.17) is 0 Å². The summed E-state index contributed by atoms with van der Waals surface area (Å²) in [6, 6.07) is 1.38. The Labute approximate surface area is 91.5 Å². The summed E-state index contributed by atoms with van der Waals surface area (Å²) in [5.74, 6) is 0. The molecular weight excluding hydrogens is 216 g/mol. The average Bonchev–Trinajstić information content (AvgIpc) is 2.73. The summed E-state index contributed by atoms with van der Waals surface area (Å²) in [6.07, 6.45) is 1.12. The van der Waals surface area contributed by atoms with Gasteiger partial charge in [-0.05, 0) is 12.8 Å². The molecule has 1 aromatic rings. The van der Waals surface area contributed by atoms with Gasteiger partial charge < -0.3 is 4.90 Å². The fourth-order valence-electron chi connectivity index (χ4n) is 1.84. The normalized spacial score (nSPS) is 16.1. The van der Waals surface area contributed by atoms with E-state index in [9.17, 15) is 13.6 Å². The third kappa shape index (κ3) is 2.37. The molecule has 2 rings (SSSR count). The smallest absolute Gasteiger partial charge is 0.269 e. The van der Waals surface area contributed by atoms with E-state index in [-0.39, 0.29) is 0 Å². The third-order valence-corrected chi connectivity index (χ3v) is 2.64. The molecule has 0 bridgehead atoms. The van der Waals surface area contributed by atoms with Crippen LogP contribution in [0.15, 0.2) is 17.1 Å². The van der Waals surface area contributed by atoms with E-state index >= 15 is 0 Å². The van der Waals surface area contributed by atoms with Crippen LogP contribution in [0.1, 0.15) is 12.8 Å². The van der Waals surface area contributed by atoms with Gasteiger partial charge in [0.05, 0.1) is 11.9 Å². The van der Waals surface area contributed by atoms with Gasteiger partial charge in [-0.2, -0.15) is 5.10 Å². The molecule has 4 nitrogen and oxygen atoms in total. The lowest BCUT2D eigenvalue weighted by atomic mass is 10.4. The van der Waals surface area contributed by atoms with Crippen LogP contribution in [0.25, 0.3) is 0 Å². The van der Waals surface area contributed by atoms with E-state index in [2.05, 4.69) is 5.10 Å². The lowest BCUT2D eigenvalue weighted by Gasteiger charge is -2.16. The fraction of sp³-hybridized carbons (Fsp3) is 0.600. The highest BCUT2D eigenvalue weighted by molar-refractivity contribution is 5.43. The number of hydrogen-bond donors (Lipinski definition) is 0. The van der Waals surface area contributed by atoms with Crippen molar-refractivity contribution >= 4 is 5.69 Å². The minimum absolute atomic E-state index is 0.468. The zero-order valence-electron chi connectivity index (χ0n) is 8.77. The van der Waals surface area contributed by atoms with Gasteiger partial charge in [-0.15, -0.1) is 0 Å². The van der Waals surface area contributed by atoms with E-state index in [1.807, 2.05) is 4.90 Å². The Morgan fingerprint density at radius 3 is 2.62 bits per heavy atom. The van der Waals surface area contributed by atoms with Crippen LogP contribution in [0, 0.1) is 0 Å². The summed E-state index contributed by atoms with van der Waals surface area (Å²) in [6.45, 7) is 1.17. The Morgan fingerprint density at radius 2 is 2.06 bits per heavy atom. The molecule has 1 fully saturated rings. The van der Waals surface area contributed by atoms with Gasteiger partial charge in [-0.25, -0.2) is 13.5 Å². The van der Waals surface area contributed by atoms with Gasteiger partial charge in [0.2, 0.25) is 0 Å². The van der Waals surface area contributed by atoms with Gasteiger partial charge in [0.25, 0.3) is 12.0 Å². The summed E-state index contributed by atoms with van der Waals surface area (Å²) in [5.41, 5.74) is 0.262. The SMILES string of the molecule is O=c1cc(N2CCCC2)cnn1CC(F)F. The van der Waals surface area contributed by atoms with Gasteiger partial charge in [0.15, 0.2) is 0 Å². The zero-order chi connectivity index (χ0) is 11.5. The molecule has 0 spiro atoms. The van der Waals surface area contributed by atoms with Crippen molar-refractivity contribution < 1.29 is 8.78 Å². The van der Waals surface area contributed by atoms with Crippen molar-refractivity contribution in [1.29, 1.82) is 0 Å². The molecule has 0 aliphatic carbocycles. The Balaban J connectivity index is 2.18. The van der Waals surface area contributed by atoms with E-state index in [0.717, 1.165) is 36.3 Å². The van der Waals surface area contributed by atoms with E-state index in [1.165, 1.54) is 12.3 Å². The van der Waals surface area contributed by atoms with Crippen LogP contribution >= 0.6 is 0 Å². The molecular formula is C10H13F2N3O. The lowest BCUT2D eigenvalue weighted by Crippen LogP contribution is -2.28. The molecule has 0 amide bonds. The molecule has 1 saturated heterocycles. The molecule has 0 radical (unpaired) electrons. The second kappa shape index (κ2) is 4.59. The van der Waals surface area contributed by atoms with E-state index < -0.39 is 18.5 Å². The van der Waals surface area contributed by atoms with Gasteiger partial charge >= 0.3 is 0 Å². The van der Waals surface area contributed by atoms with E-state index in [0.29, 0.717) is 0 Å². The van der Waals surface area contributed by atoms with Crippen molar-refractivity contribution in [3.8, 4) is 0 Å². The van der Waals surface area contributed by atoms with Crippen LogP contribution in [0.3, 0.4) is 0 Å². The van der Waals surface area contributed by atoms with Crippen LogP contribution in [-0.2, 0) is 6.54 Å². The van der Waals surface area contributed by atoms with Crippen LogP contribution < -0.4 is 10.5 Å². The molecule has 2 heterocycles. The molecule has 1 aliphatic rings. The summed E-state index contributed by atoms with van der Waals surface area (Å²) in [5, 5.41) is 3.75. The summed E-state index contributed by atoms with van der Waals surface area (Å²) < 4.78 is 25.0. The first-order chi connectivity index (χ1) is 7.66. The highest BCUT2D eigenvalue weighted by Crippen LogP contribution is 2.16. The van der Waals surface area contributed by atoms with Crippen molar-refractivity contribution in [2.45, 2.75) is 25.8 Å². The first-order valence-corrected chi connectivity index (χ1v) is 5.27. The zero-order valence-corrected chi connectivity index (χ0v) is 8.77. The molecule has 0 aromatic carbocycles. The predicted octanol–water partition coefficient (Wildman–Crippen LogP) is 1.11. The van der Waals surface area contributed by atoms with Crippen molar-refractivity contribution in [2.24, 2.45) is 0 Å². The Hall–Kier alpha value is -1.46. The van der Waals surface area contributed by atoms with Gasteiger partial charge in [0.1, 0.15) is 6.54 Å². The average molecular weight is 229 g/mol. The molecule has 88 valence electrons. The predicted molar refractivity (Wildman–Crippen MR) is 55.9 cm³/mol. The number of hydrogen-bond acceptors (Lipinski definition) is 3. The minimum Gasteiger partial charge on any atom is -0.370 e. The minimum atomic E-state index is -2.55. The molecule has 1 aromatic heterocycles. The number of nitrogens with zero attached hydrogens (tertiary/aromatic N) is 3. The van der Waals surface area contributed by atoms with Crippen LogP contribution in [0.4, 0.5) is 14.5 Å². The Morgan fingerprint density at radius 1 is 1.38 bits per heavy atom. The summed E-state index contributed by atoms with van der Waals surface area (Å²) in [4.78, 5) is 13.5. The standard InChI is InChI=1S/C10H13F2N3O/c11-9(12)7-15-10(16)5-8(6-13-15)14-3-1-2-4-14/h5-6,9H,1-4,7H2. The highest BCUT2D eigenvalue weighted by Gasteiger charge is 2.14. The van der Waals surface area contributed by atoms with Crippen LogP contribution in [0.2, 0.25) is 0 Å². The fourth-order valence-corrected chi connectivity index (χ4v) is 1.84. The lowest BCUT2D eigenvalue weighted by molar-refractivity contribution is 0.119. The van der Waals surface area contributed by atoms with Gasteiger partial charge in [0, 0.05) is 19.2 Å². The molecule has 6 heteroatoms. The molecule has 0 unspecified atom stereocenters. The quantitative estimate of drug-likeness (QED) is 0.779. The van der Waals surface area contributed by atoms with Crippen LogP contribution in [0.5, 0.6) is 0 Å². The highest BCUT2D eigenvalue weighted by atomic mass is 19.3. The molecule has 0 saturated carbocycles. The number of aromatic nitrogens is 2. The number of anilines is 1. The number of rotatable bonds is 3. The largest absolute Gasteiger partial charge is 0.370 e. The topological polar surface area (TPSA) is 38.1 Å². The maximum atomic E-state index is 12.1. The van der Waals surface area contributed by atoms with Crippen LogP contribution in [-0.4, -0.2) is 29.3 Å². The monoisotopic (exact) mass is 229 g/mol. The maximum Gasteiger partial charge on any atom is 0.269 e. The maximum absolute atomic E-state index is 12.1. The molecule has 16 heavy (non-hydrogen) atoms. The Bertz CT molecular complexity index is 413. The molecule has 1 aliphatic heterocycles. The first kappa shape index (κ1) is 11.0. The first-order valence-electron chi connectivity index (χ1n) is 5.27. The number of alkyl halides is 2. The van der Waals surface area contributed by atoms with Gasteiger partial charge in [-0.3, -0.25) is 4.79 Å². The summed E-state index contributed by atoms with van der Waals surface area (Å²) in [7, 11) is 0. The molecule has 0 N–H and O–H groups in total. The number of halogens is 2. The van der Waals surface area contributed by atoms with Crippen molar-refractivity contribution in [3.63, 3.8) is 0 Å². The van der Waals surface area contributed by atoms with Gasteiger partial charge in [-0.1, -0.05) is 0 Å². The van der Waals surface area contributed by atoms with E-state index in [1.54, 1.807) is 0 Å². The van der Waals surface area contributed by atoms with Crippen molar-refractivity contribution in [2.75, 3.05) is 18.0 Å². The summed E-state index contributed by atoms with van der Waals surface area (Å²) >= 11 is 0. The Kier molecular flexibility index (Phi) is 3.17. The van der Waals surface area contributed by atoms with Crippen molar-refractivity contribution in [1.82, 2.24) is 9.78 Å². The van der Waals surface area contributed by atoms with Crippen molar-refractivity contribution in [3.05, 3.63) is 22.6 Å². The third-order valence-electron chi connectivity index (χ3n) is 2.64. The second-order valence-electron chi connectivity index (χ2n) is 3.82. The molecule has 0 atom stereocenters.